The van der Waals surface area contributed by atoms with Crippen LogP contribution in [0.5, 0.6) is 0 Å². The normalized spacial score (nSPS) is 8.55. The Hall–Kier alpha value is -0.510. The van der Waals surface area contributed by atoms with E-state index in [9.17, 15) is 4.39 Å². The smallest absolute Gasteiger partial charge is 0.147 e. The monoisotopic (exact) mass is 196 g/mol. The minimum absolute atomic E-state index is 0. The molecule has 62 valence electrons. The van der Waals surface area contributed by atoms with Gasteiger partial charge in [0.1, 0.15) is 5.82 Å². The zero-order chi connectivity index (χ0) is 7.40. The molecule has 0 atom stereocenters. The third-order valence-electron chi connectivity index (χ3n) is 1.06. The Bertz CT molecular complexity index is 219. The predicted octanol–water partition coefficient (Wildman–Crippen LogP) is 2.32. The average Bonchev–Trinajstić information content (AvgIpc) is 1.94. The molecule has 5 heteroatoms. The number of rotatable bonds is 2. The number of hydrazine groups is 1. The highest BCUT2D eigenvalue weighted by Crippen LogP contribution is 2.10. The lowest BCUT2D eigenvalue weighted by atomic mass is 10.3. The second kappa shape index (κ2) is 5.18. The molecule has 0 aliphatic rings. The van der Waals surface area contributed by atoms with Crippen molar-refractivity contribution >= 4 is 29.9 Å². The first-order chi connectivity index (χ1) is 4.84. The molecule has 2 N–H and O–H groups in total. The lowest BCUT2D eigenvalue weighted by Crippen LogP contribution is -2.09. The fourth-order valence-corrected chi connectivity index (χ4v) is 0.715. The van der Waals surface area contributed by atoms with E-state index >= 15 is 0 Å². The predicted molar refractivity (Wildman–Crippen MR) is 46.3 cm³/mol. The highest BCUT2D eigenvalue weighted by Gasteiger charge is 1.95. The van der Waals surface area contributed by atoms with Crippen molar-refractivity contribution < 1.29 is 4.39 Å². The van der Waals surface area contributed by atoms with Crippen molar-refractivity contribution in [1.82, 2.24) is 4.94 Å². The SMILES string of the molecule is Cl.Fc1ccccc1NNCl. The molecular formula is C6H7Cl2FN2. The van der Waals surface area contributed by atoms with Crippen LogP contribution in [-0.2, 0) is 0 Å². The Morgan fingerprint density at radius 2 is 1.91 bits per heavy atom. The molecule has 0 aliphatic heterocycles. The Balaban J connectivity index is 0.000001000. The van der Waals surface area contributed by atoms with Gasteiger partial charge in [-0.25, -0.2) is 4.39 Å². The number of hydrogen-bond acceptors (Lipinski definition) is 2. The van der Waals surface area contributed by atoms with Crippen molar-refractivity contribution in [3.8, 4) is 0 Å². The van der Waals surface area contributed by atoms with E-state index in [2.05, 4.69) is 10.4 Å². The van der Waals surface area contributed by atoms with Crippen LogP contribution in [0.1, 0.15) is 0 Å². The first kappa shape index (κ1) is 10.5. The van der Waals surface area contributed by atoms with Gasteiger partial charge >= 0.3 is 0 Å². The molecule has 0 radical (unpaired) electrons. The summed E-state index contributed by atoms with van der Waals surface area (Å²) >= 11 is 5.08. The molecule has 2 nitrogen and oxygen atoms in total. The van der Waals surface area contributed by atoms with Crippen molar-refractivity contribution in [3.05, 3.63) is 30.1 Å². The van der Waals surface area contributed by atoms with Crippen molar-refractivity contribution in [2.24, 2.45) is 0 Å². The van der Waals surface area contributed by atoms with Gasteiger partial charge in [-0.1, -0.05) is 12.1 Å². The third kappa shape index (κ3) is 2.93. The number of benzene rings is 1. The summed E-state index contributed by atoms with van der Waals surface area (Å²) in [6, 6.07) is 6.23. The summed E-state index contributed by atoms with van der Waals surface area (Å²) in [6.45, 7) is 0. The van der Waals surface area contributed by atoms with Crippen LogP contribution in [0.25, 0.3) is 0 Å². The fraction of sp³-hybridized carbons (Fsp3) is 0. The summed E-state index contributed by atoms with van der Waals surface area (Å²) in [6.07, 6.45) is 0. The molecule has 1 aromatic carbocycles. The topological polar surface area (TPSA) is 24.1 Å². The van der Waals surface area contributed by atoms with Gasteiger partial charge in [-0.3, -0.25) is 0 Å². The molecule has 0 amide bonds. The van der Waals surface area contributed by atoms with Gasteiger partial charge in [-0.2, -0.15) is 0 Å². The Morgan fingerprint density at radius 1 is 1.27 bits per heavy atom. The summed E-state index contributed by atoms with van der Waals surface area (Å²) in [4.78, 5) is 2.11. The van der Waals surface area contributed by atoms with Crippen molar-refractivity contribution in [3.63, 3.8) is 0 Å². The van der Waals surface area contributed by atoms with Gasteiger partial charge in [-0.05, 0) is 23.9 Å². The highest BCUT2D eigenvalue weighted by atomic mass is 35.5. The second-order valence-electron chi connectivity index (χ2n) is 1.70. The van der Waals surface area contributed by atoms with Crippen LogP contribution in [0.4, 0.5) is 10.1 Å². The maximum Gasteiger partial charge on any atom is 0.147 e. The summed E-state index contributed by atoms with van der Waals surface area (Å²) < 4.78 is 12.6. The molecule has 0 unspecified atom stereocenters. The summed E-state index contributed by atoms with van der Waals surface area (Å²) in [5.74, 6) is -0.337. The van der Waals surface area contributed by atoms with Crippen LogP contribution in [0, 0.1) is 5.82 Å². The molecule has 0 bridgehead atoms. The van der Waals surface area contributed by atoms with Crippen molar-refractivity contribution in [2.75, 3.05) is 5.43 Å². The molecule has 1 rings (SSSR count). The maximum absolute atomic E-state index is 12.6. The minimum atomic E-state index is -0.337. The lowest BCUT2D eigenvalue weighted by molar-refractivity contribution is 0.630. The molecule has 11 heavy (non-hydrogen) atoms. The zero-order valence-corrected chi connectivity index (χ0v) is 7.05. The van der Waals surface area contributed by atoms with E-state index in [1.807, 2.05) is 0 Å². The number of anilines is 1. The van der Waals surface area contributed by atoms with Gasteiger partial charge in [0.2, 0.25) is 0 Å². The molecule has 0 saturated heterocycles. The number of hydrogen-bond donors (Lipinski definition) is 2. The summed E-state index contributed by atoms with van der Waals surface area (Å²) in [5.41, 5.74) is 2.75. The summed E-state index contributed by atoms with van der Waals surface area (Å²) in [5, 5.41) is 0. The first-order valence-electron chi connectivity index (χ1n) is 2.71. The van der Waals surface area contributed by atoms with E-state index < -0.39 is 0 Å². The molecule has 0 aromatic heterocycles. The van der Waals surface area contributed by atoms with Crippen LogP contribution in [0.2, 0.25) is 0 Å². The molecule has 1 aromatic rings. The van der Waals surface area contributed by atoms with Gasteiger partial charge < -0.3 is 5.43 Å². The van der Waals surface area contributed by atoms with E-state index in [0.717, 1.165) is 0 Å². The number of halogens is 3. The number of para-hydroxylation sites is 1. The van der Waals surface area contributed by atoms with Gasteiger partial charge in [0.05, 0.1) is 5.69 Å². The van der Waals surface area contributed by atoms with Gasteiger partial charge in [0.25, 0.3) is 0 Å². The van der Waals surface area contributed by atoms with Crippen LogP contribution in [0.3, 0.4) is 0 Å². The standard InChI is InChI=1S/C6H6ClFN2.ClH/c7-10-9-6-4-2-1-3-5(6)8;/h1-4,9-10H;1H. The Kier molecular flexibility index (Phi) is 4.94. The second-order valence-corrected chi connectivity index (χ2v) is 1.89. The van der Waals surface area contributed by atoms with Gasteiger partial charge in [0, 0.05) is 0 Å². The maximum atomic E-state index is 12.6. The molecular weight excluding hydrogens is 190 g/mol. The Morgan fingerprint density at radius 3 is 2.45 bits per heavy atom. The van der Waals surface area contributed by atoms with Crippen LogP contribution in [-0.4, -0.2) is 0 Å². The lowest BCUT2D eigenvalue weighted by Gasteiger charge is -2.01. The molecule has 0 spiro atoms. The molecule has 0 saturated carbocycles. The first-order valence-corrected chi connectivity index (χ1v) is 3.08. The van der Waals surface area contributed by atoms with Crippen molar-refractivity contribution in [1.29, 1.82) is 0 Å². The van der Waals surface area contributed by atoms with Gasteiger partial charge in [0.15, 0.2) is 0 Å². The van der Waals surface area contributed by atoms with Crippen LogP contribution in [0.15, 0.2) is 24.3 Å². The quantitative estimate of drug-likeness (QED) is 0.561. The van der Waals surface area contributed by atoms with E-state index in [1.54, 1.807) is 18.2 Å². The molecule has 0 aliphatic carbocycles. The van der Waals surface area contributed by atoms with E-state index in [4.69, 9.17) is 11.8 Å². The van der Waals surface area contributed by atoms with Crippen molar-refractivity contribution in [2.45, 2.75) is 0 Å². The van der Waals surface area contributed by atoms with E-state index in [0.29, 0.717) is 5.69 Å². The highest BCUT2D eigenvalue weighted by molar-refractivity contribution is 6.13. The largest absolute Gasteiger partial charge is 0.305 e. The van der Waals surface area contributed by atoms with Gasteiger partial charge in [-0.15, -0.1) is 17.4 Å². The van der Waals surface area contributed by atoms with Crippen LogP contribution < -0.4 is 10.4 Å². The van der Waals surface area contributed by atoms with E-state index in [-0.39, 0.29) is 18.2 Å². The van der Waals surface area contributed by atoms with Crippen LogP contribution >= 0.6 is 24.2 Å². The third-order valence-corrected chi connectivity index (χ3v) is 1.15. The number of nitrogens with one attached hydrogen (secondary N) is 2. The molecule has 0 heterocycles. The Labute approximate surface area is 75.2 Å². The molecule has 0 fully saturated rings. The average molecular weight is 197 g/mol. The fourth-order valence-electron chi connectivity index (χ4n) is 0.613. The zero-order valence-electron chi connectivity index (χ0n) is 5.47. The minimum Gasteiger partial charge on any atom is -0.305 e. The van der Waals surface area contributed by atoms with E-state index in [1.165, 1.54) is 6.07 Å². The summed E-state index contributed by atoms with van der Waals surface area (Å²) in [7, 11) is 0.